The van der Waals surface area contributed by atoms with Crippen molar-refractivity contribution < 1.29 is 7.65 Å². The number of hydrogen-bond donors (Lipinski definition) is 2. The summed E-state index contributed by atoms with van der Waals surface area (Å²) >= 11 is 0. The Morgan fingerprint density at radius 3 is 2.60 bits per heavy atom. The molecule has 10 heavy (non-hydrogen) atoms. The molecule has 3 heteroatoms. The fourth-order valence-corrected chi connectivity index (χ4v) is 0.537. The average molecular weight is 148 g/mol. The molecule has 1 unspecified atom stereocenters. The molecule has 0 aromatic rings. The molecule has 0 saturated heterocycles. The standard InChI is InChI=1S/C7H16N2O.2H2/c1-4-6(3)9-7(10)8-5-2;;/h6H,4-5H2,1-3H3,(H2,8,9,10);2*1H. The van der Waals surface area contributed by atoms with Gasteiger partial charge in [0.05, 0.1) is 0 Å². The number of urea groups is 1. The van der Waals surface area contributed by atoms with Gasteiger partial charge in [0.1, 0.15) is 0 Å². The Kier molecular flexibility index (Phi) is 4.72. The molecule has 0 rings (SSSR count). The second-order valence-electron chi connectivity index (χ2n) is 2.31. The number of nitrogens with one attached hydrogen (secondary N) is 2. The van der Waals surface area contributed by atoms with Crippen LogP contribution in [0.4, 0.5) is 4.79 Å². The molecule has 0 aliphatic rings. The van der Waals surface area contributed by atoms with Gasteiger partial charge in [-0.15, -0.1) is 0 Å². The van der Waals surface area contributed by atoms with Gasteiger partial charge in [0.2, 0.25) is 0 Å². The fourth-order valence-electron chi connectivity index (χ4n) is 0.537. The largest absolute Gasteiger partial charge is 0.338 e. The van der Waals surface area contributed by atoms with Crippen molar-refractivity contribution in [3.05, 3.63) is 0 Å². The first kappa shape index (κ1) is 9.27. The molecule has 0 spiro atoms. The maximum Gasteiger partial charge on any atom is 0.314 e. The molecule has 0 fully saturated rings. The maximum absolute atomic E-state index is 10.8. The molecule has 0 bridgehead atoms. The minimum absolute atomic E-state index is 0. The van der Waals surface area contributed by atoms with E-state index in [-0.39, 0.29) is 14.9 Å². The smallest absolute Gasteiger partial charge is 0.314 e. The van der Waals surface area contributed by atoms with E-state index < -0.39 is 0 Å². The Morgan fingerprint density at radius 2 is 2.20 bits per heavy atom. The molecule has 2 amide bonds. The van der Waals surface area contributed by atoms with Crippen LogP contribution in [0.15, 0.2) is 0 Å². The fraction of sp³-hybridized carbons (Fsp3) is 0.857. The van der Waals surface area contributed by atoms with Crippen LogP contribution < -0.4 is 10.6 Å². The van der Waals surface area contributed by atoms with E-state index in [0.717, 1.165) is 6.42 Å². The highest BCUT2D eigenvalue weighted by molar-refractivity contribution is 5.73. The Hall–Kier alpha value is -0.730. The summed E-state index contributed by atoms with van der Waals surface area (Å²) in [6, 6.07) is 0.198. The van der Waals surface area contributed by atoms with Crippen LogP contribution in [0.3, 0.4) is 0 Å². The summed E-state index contributed by atoms with van der Waals surface area (Å²) in [4.78, 5) is 10.8. The van der Waals surface area contributed by atoms with Crippen molar-refractivity contribution in [1.29, 1.82) is 0 Å². The van der Waals surface area contributed by atoms with Gasteiger partial charge in [-0.1, -0.05) is 6.92 Å². The van der Waals surface area contributed by atoms with Gasteiger partial charge in [0.25, 0.3) is 0 Å². The van der Waals surface area contributed by atoms with E-state index in [9.17, 15) is 4.79 Å². The third-order valence-electron chi connectivity index (χ3n) is 1.33. The first-order valence-corrected chi connectivity index (χ1v) is 3.75. The zero-order chi connectivity index (χ0) is 7.98. The highest BCUT2D eigenvalue weighted by Crippen LogP contribution is 1.85. The lowest BCUT2D eigenvalue weighted by Gasteiger charge is -2.10. The lowest BCUT2D eigenvalue weighted by Crippen LogP contribution is -2.40. The molecule has 3 nitrogen and oxygen atoms in total. The second kappa shape index (κ2) is 5.09. The lowest BCUT2D eigenvalue weighted by molar-refractivity contribution is 0.238. The Morgan fingerprint density at radius 1 is 1.60 bits per heavy atom. The van der Waals surface area contributed by atoms with Gasteiger partial charge in [-0.2, -0.15) is 0 Å². The number of amides is 2. The molecule has 0 radical (unpaired) electrons. The normalized spacial score (nSPS) is 12.3. The van der Waals surface area contributed by atoms with Gasteiger partial charge >= 0.3 is 6.03 Å². The predicted octanol–water partition coefficient (Wildman–Crippen LogP) is 1.60. The Bertz CT molecular complexity index is 112. The van der Waals surface area contributed by atoms with Crippen LogP contribution in [0.25, 0.3) is 0 Å². The number of carbonyl (C=O) groups is 1. The molecule has 0 aromatic carbocycles. The van der Waals surface area contributed by atoms with Gasteiger partial charge in [-0.3, -0.25) is 0 Å². The summed E-state index contributed by atoms with van der Waals surface area (Å²) in [5, 5.41) is 5.44. The molecule has 0 aliphatic carbocycles. The molecule has 0 saturated carbocycles. The first-order chi connectivity index (χ1) is 4.70. The summed E-state index contributed by atoms with van der Waals surface area (Å²) in [5.74, 6) is 0. The zero-order valence-electron chi connectivity index (χ0n) is 6.90. The lowest BCUT2D eigenvalue weighted by atomic mass is 10.3. The van der Waals surface area contributed by atoms with Crippen molar-refractivity contribution in [1.82, 2.24) is 10.6 Å². The summed E-state index contributed by atoms with van der Waals surface area (Å²) < 4.78 is 0. The Labute approximate surface area is 65.2 Å². The van der Waals surface area contributed by atoms with E-state index in [2.05, 4.69) is 10.6 Å². The summed E-state index contributed by atoms with van der Waals surface area (Å²) in [5.41, 5.74) is 0. The number of hydrogen-bond acceptors (Lipinski definition) is 1. The summed E-state index contributed by atoms with van der Waals surface area (Å²) in [7, 11) is 0. The molecule has 0 aromatic heterocycles. The van der Waals surface area contributed by atoms with E-state index in [0.29, 0.717) is 6.54 Å². The van der Waals surface area contributed by atoms with Gasteiger partial charge < -0.3 is 10.6 Å². The van der Waals surface area contributed by atoms with Crippen molar-refractivity contribution in [2.24, 2.45) is 0 Å². The molecule has 1 atom stereocenters. The van der Waals surface area contributed by atoms with Crippen LogP contribution in [0, 0.1) is 0 Å². The average Bonchev–Trinajstić information content (AvgIpc) is 1.88. The molecular weight excluding hydrogens is 128 g/mol. The molecule has 64 valence electrons. The summed E-state index contributed by atoms with van der Waals surface area (Å²) in [6.45, 7) is 6.60. The van der Waals surface area contributed by atoms with E-state index in [1.54, 1.807) is 0 Å². The monoisotopic (exact) mass is 148 g/mol. The SMILES string of the molecule is CCNC(=O)NC(C)CC.[HH].[HH]. The quantitative estimate of drug-likeness (QED) is 0.627. The van der Waals surface area contributed by atoms with Crippen LogP contribution in [0.5, 0.6) is 0 Å². The van der Waals surface area contributed by atoms with Crippen molar-refractivity contribution in [2.75, 3.05) is 6.54 Å². The zero-order valence-corrected chi connectivity index (χ0v) is 6.90. The van der Waals surface area contributed by atoms with E-state index in [4.69, 9.17) is 0 Å². The van der Waals surface area contributed by atoms with Gasteiger partial charge in [-0.25, -0.2) is 4.79 Å². The third-order valence-corrected chi connectivity index (χ3v) is 1.33. The van der Waals surface area contributed by atoms with E-state index in [1.165, 1.54) is 0 Å². The van der Waals surface area contributed by atoms with Crippen molar-refractivity contribution >= 4 is 6.03 Å². The molecule has 0 aliphatic heterocycles. The first-order valence-electron chi connectivity index (χ1n) is 3.75. The highest BCUT2D eigenvalue weighted by Gasteiger charge is 2.01. The van der Waals surface area contributed by atoms with Gasteiger partial charge in [0, 0.05) is 15.4 Å². The van der Waals surface area contributed by atoms with E-state index >= 15 is 0 Å². The minimum atomic E-state index is -0.0724. The predicted molar refractivity (Wildman–Crippen MR) is 46.2 cm³/mol. The third kappa shape index (κ3) is 4.18. The minimum Gasteiger partial charge on any atom is -0.338 e. The maximum atomic E-state index is 10.8. The van der Waals surface area contributed by atoms with Crippen molar-refractivity contribution in [3.63, 3.8) is 0 Å². The second-order valence-corrected chi connectivity index (χ2v) is 2.31. The van der Waals surface area contributed by atoms with Crippen LogP contribution >= 0.6 is 0 Å². The van der Waals surface area contributed by atoms with Crippen molar-refractivity contribution in [3.8, 4) is 0 Å². The highest BCUT2D eigenvalue weighted by atomic mass is 16.2. The number of carbonyl (C=O) groups excluding carboxylic acids is 1. The summed E-state index contributed by atoms with van der Waals surface area (Å²) in [6.07, 6.45) is 0.969. The number of rotatable bonds is 3. The van der Waals surface area contributed by atoms with Crippen LogP contribution in [0.1, 0.15) is 30.0 Å². The topological polar surface area (TPSA) is 41.1 Å². The van der Waals surface area contributed by atoms with Gasteiger partial charge in [0.15, 0.2) is 0 Å². The molecule has 2 N–H and O–H groups in total. The molecular formula is C7H20N2O. The Balaban J connectivity index is -0.000000405. The van der Waals surface area contributed by atoms with Crippen LogP contribution in [-0.2, 0) is 0 Å². The van der Waals surface area contributed by atoms with Crippen LogP contribution in [-0.4, -0.2) is 18.6 Å². The molecule has 0 heterocycles. The van der Waals surface area contributed by atoms with Crippen molar-refractivity contribution in [2.45, 2.75) is 33.2 Å². The van der Waals surface area contributed by atoms with E-state index in [1.807, 2.05) is 20.8 Å². The van der Waals surface area contributed by atoms with Crippen LogP contribution in [0.2, 0.25) is 0 Å². The van der Waals surface area contributed by atoms with Gasteiger partial charge in [-0.05, 0) is 20.3 Å².